The number of aromatic nitrogens is 1. The predicted molar refractivity (Wildman–Crippen MR) is 93.3 cm³/mol. The SMILES string of the molecule is COC(=O)c1ccc2ncc(C)c(-c3cccc(Cl)c3Cl)c2c1. The molecule has 3 nitrogen and oxygen atoms in total. The first kappa shape index (κ1) is 15.8. The van der Waals surface area contributed by atoms with Gasteiger partial charge in [-0.15, -0.1) is 0 Å². The smallest absolute Gasteiger partial charge is 0.337 e. The van der Waals surface area contributed by atoms with Crippen LogP contribution < -0.4 is 0 Å². The molecule has 23 heavy (non-hydrogen) atoms. The molecule has 0 saturated carbocycles. The first-order valence-corrected chi connectivity index (χ1v) is 7.70. The molecule has 2 aromatic carbocycles. The monoisotopic (exact) mass is 345 g/mol. The van der Waals surface area contributed by atoms with E-state index < -0.39 is 5.97 Å². The maximum absolute atomic E-state index is 11.8. The highest BCUT2D eigenvalue weighted by Gasteiger charge is 2.15. The molecule has 0 saturated heterocycles. The topological polar surface area (TPSA) is 39.2 Å². The van der Waals surface area contributed by atoms with Crippen LogP contribution in [0.15, 0.2) is 42.6 Å². The number of ether oxygens (including phenoxy) is 1. The van der Waals surface area contributed by atoms with Crippen LogP contribution in [0.3, 0.4) is 0 Å². The fourth-order valence-corrected chi connectivity index (χ4v) is 2.99. The van der Waals surface area contributed by atoms with E-state index in [1.165, 1.54) is 7.11 Å². The maximum atomic E-state index is 11.8. The third kappa shape index (κ3) is 2.78. The summed E-state index contributed by atoms with van der Waals surface area (Å²) in [4.78, 5) is 16.2. The molecule has 0 radical (unpaired) electrons. The number of carbonyl (C=O) groups is 1. The Hall–Kier alpha value is -2.10. The number of nitrogens with zero attached hydrogens (tertiary/aromatic N) is 1. The van der Waals surface area contributed by atoms with Crippen molar-refractivity contribution in [1.82, 2.24) is 4.98 Å². The third-order valence-corrected chi connectivity index (χ3v) is 4.52. The molecule has 116 valence electrons. The number of halogens is 2. The highest BCUT2D eigenvalue weighted by atomic mass is 35.5. The predicted octanol–water partition coefficient (Wildman–Crippen LogP) is 5.30. The Bertz CT molecular complexity index is 922. The summed E-state index contributed by atoms with van der Waals surface area (Å²) < 4.78 is 4.80. The average Bonchev–Trinajstić information content (AvgIpc) is 2.56. The van der Waals surface area contributed by atoms with Crippen LogP contribution in [0.1, 0.15) is 15.9 Å². The molecule has 0 aliphatic carbocycles. The summed E-state index contributed by atoms with van der Waals surface area (Å²) in [5.74, 6) is -0.392. The number of hydrogen-bond donors (Lipinski definition) is 0. The lowest BCUT2D eigenvalue weighted by molar-refractivity contribution is 0.0601. The van der Waals surface area contributed by atoms with Crippen LogP contribution in [-0.4, -0.2) is 18.1 Å². The van der Waals surface area contributed by atoms with E-state index in [1.807, 2.05) is 19.1 Å². The number of rotatable bonds is 2. The van der Waals surface area contributed by atoms with Gasteiger partial charge in [-0.05, 0) is 42.3 Å². The highest BCUT2D eigenvalue weighted by molar-refractivity contribution is 6.44. The molecule has 5 heteroatoms. The van der Waals surface area contributed by atoms with Crippen molar-refractivity contribution in [2.24, 2.45) is 0 Å². The number of methoxy groups -OCH3 is 1. The van der Waals surface area contributed by atoms with E-state index in [4.69, 9.17) is 27.9 Å². The Morgan fingerprint density at radius 2 is 1.96 bits per heavy atom. The zero-order valence-corrected chi connectivity index (χ0v) is 14.1. The van der Waals surface area contributed by atoms with Crippen LogP contribution in [0.5, 0.6) is 0 Å². The standard InChI is InChI=1S/C18H13Cl2NO2/c1-10-9-21-15-7-6-11(18(22)23-2)8-13(15)16(10)12-4-3-5-14(19)17(12)20/h3-9H,1-2H3. The molecule has 0 bridgehead atoms. The number of esters is 1. The number of benzene rings is 2. The summed E-state index contributed by atoms with van der Waals surface area (Å²) in [5.41, 5.74) is 3.91. The van der Waals surface area contributed by atoms with E-state index in [9.17, 15) is 4.79 Å². The molecule has 0 amide bonds. The van der Waals surface area contributed by atoms with E-state index >= 15 is 0 Å². The minimum absolute atomic E-state index is 0.392. The van der Waals surface area contributed by atoms with Crippen molar-refractivity contribution in [2.45, 2.75) is 6.92 Å². The Balaban J connectivity index is 2.36. The van der Waals surface area contributed by atoms with E-state index in [2.05, 4.69) is 4.98 Å². The molecule has 0 atom stereocenters. The van der Waals surface area contributed by atoms with E-state index in [0.717, 1.165) is 27.6 Å². The van der Waals surface area contributed by atoms with Gasteiger partial charge in [-0.25, -0.2) is 4.79 Å². The molecular formula is C18H13Cl2NO2. The van der Waals surface area contributed by atoms with Crippen molar-refractivity contribution in [2.75, 3.05) is 7.11 Å². The van der Waals surface area contributed by atoms with Crippen molar-refractivity contribution in [3.05, 3.63) is 63.8 Å². The minimum atomic E-state index is -0.392. The van der Waals surface area contributed by atoms with Crippen molar-refractivity contribution in [3.8, 4) is 11.1 Å². The lowest BCUT2D eigenvalue weighted by atomic mass is 9.96. The lowest BCUT2D eigenvalue weighted by Crippen LogP contribution is -2.01. The third-order valence-electron chi connectivity index (χ3n) is 3.70. The molecule has 0 spiro atoms. The fraction of sp³-hybridized carbons (Fsp3) is 0.111. The van der Waals surface area contributed by atoms with Crippen LogP contribution in [0, 0.1) is 6.92 Å². The van der Waals surface area contributed by atoms with Gasteiger partial charge in [0, 0.05) is 17.1 Å². The normalized spacial score (nSPS) is 10.8. The van der Waals surface area contributed by atoms with Gasteiger partial charge in [0.25, 0.3) is 0 Å². The second-order valence-electron chi connectivity index (χ2n) is 5.14. The largest absolute Gasteiger partial charge is 0.465 e. The molecule has 0 fully saturated rings. The van der Waals surface area contributed by atoms with Crippen molar-refractivity contribution < 1.29 is 9.53 Å². The van der Waals surface area contributed by atoms with Crippen molar-refractivity contribution in [3.63, 3.8) is 0 Å². The van der Waals surface area contributed by atoms with E-state index in [0.29, 0.717) is 15.6 Å². The number of aryl methyl sites for hydroxylation is 1. The Labute approximate surface area is 143 Å². The first-order chi connectivity index (χ1) is 11.0. The molecular weight excluding hydrogens is 333 g/mol. The minimum Gasteiger partial charge on any atom is -0.465 e. The summed E-state index contributed by atoms with van der Waals surface area (Å²) in [5, 5.41) is 1.79. The Kier molecular flexibility index (Phi) is 4.24. The van der Waals surface area contributed by atoms with Gasteiger partial charge in [-0.2, -0.15) is 0 Å². The first-order valence-electron chi connectivity index (χ1n) is 6.95. The summed E-state index contributed by atoms with van der Waals surface area (Å²) in [6.45, 7) is 1.95. The van der Waals surface area contributed by atoms with Gasteiger partial charge in [0.05, 0.1) is 28.2 Å². The fourth-order valence-electron chi connectivity index (χ4n) is 2.59. The average molecular weight is 346 g/mol. The van der Waals surface area contributed by atoms with Gasteiger partial charge in [0.15, 0.2) is 0 Å². The molecule has 1 heterocycles. The van der Waals surface area contributed by atoms with Crippen LogP contribution >= 0.6 is 23.2 Å². The number of fused-ring (bicyclic) bond motifs is 1. The molecule has 0 aliphatic rings. The Morgan fingerprint density at radius 3 is 2.70 bits per heavy atom. The number of pyridine rings is 1. The maximum Gasteiger partial charge on any atom is 0.337 e. The van der Waals surface area contributed by atoms with Crippen LogP contribution in [0.25, 0.3) is 22.0 Å². The summed E-state index contributed by atoms with van der Waals surface area (Å²) >= 11 is 12.5. The van der Waals surface area contributed by atoms with Gasteiger partial charge in [0.1, 0.15) is 0 Å². The molecule has 3 rings (SSSR count). The molecule has 1 aromatic heterocycles. The van der Waals surface area contributed by atoms with Gasteiger partial charge >= 0.3 is 5.97 Å². The summed E-state index contributed by atoms with van der Waals surface area (Å²) in [6.07, 6.45) is 1.78. The lowest BCUT2D eigenvalue weighted by Gasteiger charge is -2.13. The van der Waals surface area contributed by atoms with E-state index in [1.54, 1.807) is 30.5 Å². The van der Waals surface area contributed by atoms with Crippen LogP contribution in [0.4, 0.5) is 0 Å². The van der Waals surface area contributed by atoms with Gasteiger partial charge in [-0.1, -0.05) is 35.3 Å². The number of hydrogen-bond acceptors (Lipinski definition) is 3. The second-order valence-corrected chi connectivity index (χ2v) is 5.93. The van der Waals surface area contributed by atoms with Gasteiger partial charge < -0.3 is 4.74 Å². The van der Waals surface area contributed by atoms with Crippen LogP contribution in [0.2, 0.25) is 10.0 Å². The van der Waals surface area contributed by atoms with Crippen LogP contribution in [-0.2, 0) is 4.74 Å². The molecule has 3 aromatic rings. The van der Waals surface area contributed by atoms with Gasteiger partial charge in [0.2, 0.25) is 0 Å². The second kappa shape index (κ2) is 6.19. The quantitative estimate of drug-likeness (QED) is 0.591. The van der Waals surface area contributed by atoms with E-state index in [-0.39, 0.29) is 0 Å². The van der Waals surface area contributed by atoms with Crippen molar-refractivity contribution >= 4 is 40.1 Å². The van der Waals surface area contributed by atoms with Gasteiger partial charge in [-0.3, -0.25) is 4.98 Å². The molecule has 0 unspecified atom stereocenters. The Morgan fingerprint density at radius 1 is 1.17 bits per heavy atom. The highest BCUT2D eigenvalue weighted by Crippen LogP contribution is 2.38. The summed E-state index contributed by atoms with van der Waals surface area (Å²) in [7, 11) is 1.36. The molecule has 0 aliphatic heterocycles. The molecule has 0 N–H and O–H groups in total. The zero-order valence-electron chi connectivity index (χ0n) is 12.6. The van der Waals surface area contributed by atoms with Crippen molar-refractivity contribution in [1.29, 1.82) is 0 Å². The zero-order chi connectivity index (χ0) is 16.6. The summed E-state index contributed by atoms with van der Waals surface area (Å²) in [6, 6.07) is 10.8. The number of carbonyl (C=O) groups excluding carboxylic acids is 1.